The largest absolute Gasteiger partial charge is 0.342 e. The van der Waals surface area contributed by atoms with Crippen LogP contribution in [0.1, 0.15) is 51.5 Å². The van der Waals surface area contributed by atoms with Gasteiger partial charge in [0, 0.05) is 24.2 Å². The number of hydrogen-bond donors (Lipinski definition) is 0. The molecule has 0 spiro atoms. The topological polar surface area (TPSA) is 38.1 Å². The van der Waals surface area contributed by atoms with E-state index in [0.29, 0.717) is 17.7 Å². The SMILES string of the molecule is C[C@@H]1CCCN(C(=O)CSc2ncc(-c3ccc(Cl)cc3)n2C2CCCC2)C1. The summed E-state index contributed by atoms with van der Waals surface area (Å²) in [4.78, 5) is 19.5. The first kappa shape index (κ1) is 19.8. The number of likely N-dealkylation sites (tertiary alicyclic amines) is 1. The van der Waals surface area contributed by atoms with Gasteiger partial charge in [-0.05, 0) is 49.3 Å². The Labute approximate surface area is 176 Å². The van der Waals surface area contributed by atoms with Crippen LogP contribution in [0, 0.1) is 5.92 Å². The smallest absolute Gasteiger partial charge is 0.233 e. The van der Waals surface area contributed by atoms with Crippen LogP contribution >= 0.6 is 23.4 Å². The maximum atomic E-state index is 12.7. The Morgan fingerprint density at radius 2 is 1.93 bits per heavy atom. The van der Waals surface area contributed by atoms with Gasteiger partial charge in [-0.3, -0.25) is 4.79 Å². The van der Waals surface area contributed by atoms with Crippen molar-refractivity contribution >= 4 is 29.3 Å². The van der Waals surface area contributed by atoms with Crippen LogP contribution in [0.3, 0.4) is 0 Å². The highest BCUT2D eigenvalue weighted by Gasteiger charge is 2.25. The lowest BCUT2D eigenvalue weighted by Crippen LogP contribution is -2.40. The first-order chi connectivity index (χ1) is 13.6. The number of imidazole rings is 1. The molecular formula is C22H28ClN3OS. The minimum absolute atomic E-state index is 0.241. The molecule has 1 aromatic heterocycles. The van der Waals surface area contributed by atoms with Gasteiger partial charge in [0.25, 0.3) is 0 Å². The lowest BCUT2D eigenvalue weighted by atomic mass is 10.0. The number of piperidine rings is 1. The third-order valence-corrected chi connectivity index (χ3v) is 7.13. The van der Waals surface area contributed by atoms with E-state index >= 15 is 0 Å². The lowest BCUT2D eigenvalue weighted by Gasteiger charge is -2.30. The summed E-state index contributed by atoms with van der Waals surface area (Å²) in [6.45, 7) is 4.03. The molecule has 2 aromatic rings. The molecule has 4 rings (SSSR count). The molecule has 0 N–H and O–H groups in total. The van der Waals surface area contributed by atoms with Crippen molar-refractivity contribution in [1.82, 2.24) is 14.5 Å². The van der Waals surface area contributed by atoms with Gasteiger partial charge in [-0.25, -0.2) is 4.98 Å². The third kappa shape index (κ3) is 4.41. The zero-order chi connectivity index (χ0) is 19.5. The fraction of sp³-hybridized carbons (Fsp3) is 0.545. The summed E-state index contributed by atoms with van der Waals surface area (Å²) in [6, 6.07) is 8.44. The maximum absolute atomic E-state index is 12.7. The van der Waals surface area contributed by atoms with E-state index in [4.69, 9.17) is 16.6 Å². The molecule has 0 unspecified atom stereocenters. The van der Waals surface area contributed by atoms with Crippen LogP contribution in [0.5, 0.6) is 0 Å². The van der Waals surface area contributed by atoms with E-state index in [1.165, 1.54) is 32.1 Å². The van der Waals surface area contributed by atoms with Gasteiger partial charge >= 0.3 is 0 Å². The first-order valence-electron chi connectivity index (χ1n) is 10.4. The summed E-state index contributed by atoms with van der Waals surface area (Å²) in [6.07, 6.45) is 9.19. The highest BCUT2D eigenvalue weighted by Crippen LogP contribution is 2.38. The molecule has 2 heterocycles. The van der Waals surface area contributed by atoms with Gasteiger partial charge in [0.2, 0.25) is 5.91 Å². The van der Waals surface area contributed by atoms with Crippen molar-refractivity contribution in [3.8, 4) is 11.3 Å². The van der Waals surface area contributed by atoms with Gasteiger partial charge in [0.05, 0.1) is 17.6 Å². The molecule has 150 valence electrons. The first-order valence-corrected chi connectivity index (χ1v) is 11.7. The second-order valence-electron chi connectivity index (χ2n) is 8.12. The Kier molecular flexibility index (Phi) is 6.32. The third-order valence-electron chi connectivity index (χ3n) is 5.93. The predicted octanol–water partition coefficient (Wildman–Crippen LogP) is 5.67. The van der Waals surface area contributed by atoms with Crippen LogP contribution in [-0.2, 0) is 4.79 Å². The molecule has 1 aromatic carbocycles. The molecule has 0 radical (unpaired) electrons. The van der Waals surface area contributed by atoms with E-state index in [-0.39, 0.29) is 5.91 Å². The summed E-state index contributed by atoms with van der Waals surface area (Å²) in [5, 5.41) is 1.71. The van der Waals surface area contributed by atoms with Gasteiger partial charge in [0.1, 0.15) is 0 Å². The van der Waals surface area contributed by atoms with Crippen LogP contribution < -0.4 is 0 Å². The van der Waals surface area contributed by atoms with E-state index in [2.05, 4.69) is 23.6 Å². The zero-order valence-electron chi connectivity index (χ0n) is 16.4. The summed E-state index contributed by atoms with van der Waals surface area (Å²) in [7, 11) is 0. The predicted molar refractivity (Wildman–Crippen MR) is 116 cm³/mol. The molecule has 1 amide bonds. The van der Waals surface area contributed by atoms with E-state index in [9.17, 15) is 4.79 Å². The van der Waals surface area contributed by atoms with Crippen molar-refractivity contribution in [3.63, 3.8) is 0 Å². The number of nitrogens with zero attached hydrogens (tertiary/aromatic N) is 3. The Hall–Kier alpha value is -1.46. The lowest BCUT2D eigenvalue weighted by molar-refractivity contribution is -0.130. The fourth-order valence-corrected chi connectivity index (χ4v) is 5.51. The van der Waals surface area contributed by atoms with Crippen LogP contribution in [0.2, 0.25) is 5.02 Å². The monoisotopic (exact) mass is 417 g/mol. The molecule has 0 bridgehead atoms. The second kappa shape index (κ2) is 8.91. The van der Waals surface area contributed by atoms with Crippen molar-refractivity contribution in [2.45, 2.75) is 56.6 Å². The van der Waals surface area contributed by atoms with Crippen molar-refractivity contribution in [2.75, 3.05) is 18.8 Å². The number of rotatable bonds is 5. The van der Waals surface area contributed by atoms with Gasteiger partial charge in [-0.15, -0.1) is 0 Å². The summed E-state index contributed by atoms with van der Waals surface area (Å²) in [5.74, 6) is 1.32. The van der Waals surface area contributed by atoms with Crippen molar-refractivity contribution in [1.29, 1.82) is 0 Å². The molecule has 1 aliphatic carbocycles. The van der Waals surface area contributed by atoms with Crippen LogP contribution in [-0.4, -0.2) is 39.2 Å². The summed E-state index contributed by atoms with van der Waals surface area (Å²) in [5.41, 5.74) is 2.26. The normalized spacial score (nSPS) is 20.6. The second-order valence-corrected chi connectivity index (χ2v) is 9.50. The average molecular weight is 418 g/mol. The number of carbonyl (C=O) groups excluding carboxylic acids is 1. The van der Waals surface area contributed by atoms with Crippen molar-refractivity contribution in [3.05, 3.63) is 35.5 Å². The number of amides is 1. The maximum Gasteiger partial charge on any atom is 0.233 e. The average Bonchev–Trinajstić information content (AvgIpc) is 3.36. The van der Waals surface area contributed by atoms with Gasteiger partial charge < -0.3 is 9.47 Å². The number of benzene rings is 1. The van der Waals surface area contributed by atoms with Crippen LogP contribution in [0.4, 0.5) is 0 Å². The van der Waals surface area contributed by atoms with Crippen LogP contribution in [0.15, 0.2) is 35.6 Å². The van der Waals surface area contributed by atoms with E-state index in [0.717, 1.165) is 40.9 Å². The number of halogens is 1. The fourth-order valence-electron chi connectivity index (χ4n) is 4.43. The number of thioether (sulfide) groups is 1. The van der Waals surface area contributed by atoms with E-state index in [1.807, 2.05) is 23.2 Å². The molecule has 6 heteroatoms. The number of aromatic nitrogens is 2. The summed E-state index contributed by atoms with van der Waals surface area (Å²) < 4.78 is 2.37. The molecule has 4 nitrogen and oxygen atoms in total. The highest BCUT2D eigenvalue weighted by atomic mass is 35.5. The van der Waals surface area contributed by atoms with Crippen molar-refractivity contribution < 1.29 is 4.79 Å². The standard InChI is InChI=1S/C22H28ClN3OS/c1-16-5-4-12-25(14-16)21(27)15-28-22-24-13-20(17-8-10-18(23)11-9-17)26(22)19-6-2-3-7-19/h8-11,13,16,19H,2-7,12,14-15H2,1H3/t16-/m1/s1. The van der Waals surface area contributed by atoms with Crippen molar-refractivity contribution in [2.24, 2.45) is 5.92 Å². The minimum atomic E-state index is 0.241. The van der Waals surface area contributed by atoms with Gasteiger partial charge in [-0.1, -0.05) is 55.3 Å². The minimum Gasteiger partial charge on any atom is -0.342 e. The number of carbonyl (C=O) groups is 1. The van der Waals surface area contributed by atoms with Gasteiger partial charge in [0.15, 0.2) is 5.16 Å². The zero-order valence-corrected chi connectivity index (χ0v) is 18.0. The Balaban J connectivity index is 1.53. The molecule has 1 aliphatic heterocycles. The quantitative estimate of drug-likeness (QED) is 0.588. The molecule has 1 saturated heterocycles. The molecule has 2 fully saturated rings. The summed E-state index contributed by atoms with van der Waals surface area (Å²) >= 11 is 7.66. The Morgan fingerprint density at radius 1 is 1.18 bits per heavy atom. The Bertz CT molecular complexity index is 814. The van der Waals surface area contributed by atoms with Crippen LogP contribution in [0.25, 0.3) is 11.3 Å². The molecule has 1 atom stereocenters. The van der Waals surface area contributed by atoms with E-state index < -0.39 is 0 Å². The highest BCUT2D eigenvalue weighted by molar-refractivity contribution is 7.99. The molecule has 1 saturated carbocycles. The Morgan fingerprint density at radius 3 is 2.64 bits per heavy atom. The number of hydrogen-bond acceptors (Lipinski definition) is 3. The molecule has 2 aliphatic rings. The molecular weight excluding hydrogens is 390 g/mol. The van der Waals surface area contributed by atoms with E-state index in [1.54, 1.807) is 11.8 Å². The molecule has 28 heavy (non-hydrogen) atoms. The van der Waals surface area contributed by atoms with Gasteiger partial charge in [-0.2, -0.15) is 0 Å².